The third kappa shape index (κ3) is 3.43. The number of benzene rings is 1. The fourth-order valence-electron chi connectivity index (χ4n) is 3.02. The highest BCUT2D eigenvalue weighted by atomic mass is 32.2. The van der Waals surface area contributed by atoms with Crippen molar-refractivity contribution in [2.75, 3.05) is 12.0 Å². The summed E-state index contributed by atoms with van der Waals surface area (Å²) in [6.07, 6.45) is 3.95. The van der Waals surface area contributed by atoms with E-state index in [1.54, 1.807) is 0 Å². The van der Waals surface area contributed by atoms with Crippen molar-refractivity contribution in [3.05, 3.63) is 35.4 Å². The molecule has 1 saturated heterocycles. The highest BCUT2D eigenvalue weighted by molar-refractivity contribution is 7.98. The van der Waals surface area contributed by atoms with Crippen molar-refractivity contribution < 1.29 is 4.79 Å². The molecule has 0 bridgehead atoms. The molecule has 21 heavy (non-hydrogen) atoms. The minimum absolute atomic E-state index is 0.0134. The lowest BCUT2D eigenvalue weighted by Crippen LogP contribution is -2.41. The number of hydrogen-bond donors (Lipinski definition) is 1. The summed E-state index contributed by atoms with van der Waals surface area (Å²) in [5, 5.41) is 3.52. The van der Waals surface area contributed by atoms with Gasteiger partial charge in [-0.2, -0.15) is 11.8 Å². The SMILES string of the molecule is CCC1NC(c2cccc(C)c2)N(C(CC)CSC)C1=O. The molecule has 1 amide bonds. The fraction of sp³-hybridized carbons (Fsp3) is 0.588. The molecule has 3 nitrogen and oxygen atoms in total. The van der Waals surface area contributed by atoms with Crippen LogP contribution in [0.2, 0.25) is 0 Å². The van der Waals surface area contributed by atoms with Crippen LogP contribution in [-0.4, -0.2) is 34.9 Å². The molecular formula is C17H26N2OS. The molecular weight excluding hydrogens is 280 g/mol. The summed E-state index contributed by atoms with van der Waals surface area (Å²) in [5.41, 5.74) is 2.43. The lowest BCUT2D eigenvalue weighted by atomic mass is 10.1. The third-order valence-corrected chi connectivity index (χ3v) is 4.90. The van der Waals surface area contributed by atoms with Gasteiger partial charge in [-0.1, -0.05) is 43.7 Å². The van der Waals surface area contributed by atoms with Gasteiger partial charge in [-0.15, -0.1) is 0 Å². The van der Waals surface area contributed by atoms with E-state index < -0.39 is 0 Å². The summed E-state index contributed by atoms with van der Waals surface area (Å²) in [6.45, 7) is 6.34. The molecule has 3 unspecified atom stereocenters. The number of hydrogen-bond acceptors (Lipinski definition) is 3. The number of nitrogens with zero attached hydrogens (tertiary/aromatic N) is 1. The first-order valence-electron chi connectivity index (χ1n) is 7.76. The van der Waals surface area contributed by atoms with Crippen LogP contribution in [-0.2, 0) is 4.79 Å². The lowest BCUT2D eigenvalue weighted by molar-refractivity contribution is -0.132. The van der Waals surface area contributed by atoms with Crippen molar-refractivity contribution in [2.45, 2.75) is 51.9 Å². The second-order valence-electron chi connectivity index (χ2n) is 5.71. The van der Waals surface area contributed by atoms with E-state index in [0.717, 1.165) is 18.6 Å². The fourth-order valence-corrected chi connectivity index (χ4v) is 3.80. The van der Waals surface area contributed by atoms with E-state index in [4.69, 9.17) is 0 Å². The monoisotopic (exact) mass is 306 g/mol. The van der Waals surface area contributed by atoms with Gasteiger partial charge in [0.05, 0.1) is 6.04 Å². The van der Waals surface area contributed by atoms with Crippen LogP contribution in [0.4, 0.5) is 0 Å². The first-order valence-corrected chi connectivity index (χ1v) is 9.15. The predicted molar refractivity (Wildman–Crippen MR) is 90.4 cm³/mol. The van der Waals surface area contributed by atoms with Gasteiger partial charge >= 0.3 is 0 Å². The molecule has 2 rings (SSSR count). The quantitative estimate of drug-likeness (QED) is 0.875. The molecule has 0 radical (unpaired) electrons. The highest BCUT2D eigenvalue weighted by Gasteiger charge is 2.41. The molecule has 1 aliphatic heterocycles. The van der Waals surface area contributed by atoms with Gasteiger partial charge in [0, 0.05) is 11.8 Å². The van der Waals surface area contributed by atoms with Crippen LogP contribution in [0.15, 0.2) is 24.3 Å². The van der Waals surface area contributed by atoms with Gasteiger partial charge in [0.25, 0.3) is 0 Å². The third-order valence-electron chi connectivity index (χ3n) is 4.18. The molecule has 1 fully saturated rings. The first kappa shape index (κ1) is 16.4. The lowest BCUT2D eigenvalue weighted by Gasteiger charge is -2.32. The number of rotatable bonds is 6. The Balaban J connectivity index is 2.34. The molecule has 4 heteroatoms. The van der Waals surface area contributed by atoms with Crippen LogP contribution in [0.25, 0.3) is 0 Å². The number of carbonyl (C=O) groups is 1. The van der Waals surface area contributed by atoms with E-state index in [0.29, 0.717) is 6.04 Å². The Bertz CT molecular complexity index is 491. The molecule has 3 atom stereocenters. The normalized spacial score (nSPS) is 23.6. The Morgan fingerprint density at radius 2 is 2.14 bits per heavy atom. The molecule has 116 valence electrons. The molecule has 0 aliphatic carbocycles. The number of carbonyl (C=O) groups excluding carboxylic acids is 1. The van der Waals surface area contributed by atoms with Crippen molar-refractivity contribution >= 4 is 17.7 Å². The summed E-state index contributed by atoms with van der Waals surface area (Å²) in [4.78, 5) is 14.8. The predicted octanol–water partition coefficient (Wildman–Crippen LogP) is 3.35. The highest BCUT2D eigenvalue weighted by Crippen LogP contribution is 2.31. The van der Waals surface area contributed by atoms with Crippen LogP contribution in [0, 0.1) is 6.92 Å². The number of amides is 1. The Kier molecular flexibility index (Phi) is 5.71. The van der Waals surface area contributed by atoms with E-state index in [2.05, 4.69) is 61.5 Å². The summed E-state index contributed by atoms with van der Waals surface area (Å²) in [6, 6.07) is 8.72. The van der Waals surface area contributed by atoms with E-state index in [1.807, 2.05) is 11.8 Å². The molecule has 1 aromatic rings. The van der Waals surface area contributed by atoms with E-state index >= 15 is 0 Å². The minimum Gasteiger partial charge on any atom is -0.318 e. The van der Waals surface area contributed by atoms with Gasteiger partial charge in [-0.25, -0.2) is 0 Å². The van der Waals surface area contributed by atoms with Gasteiger partial charge < -0.3 is 4.90 Å². The maximum absolute atomic E-state index is 12.7. The molecule has 1 aromatic carbocycles. The van der Waals surface area contributed by atoms with Crippen molar-refractivity contribution in [3.63, 3.8) is 0 Å². The van der Waals surface area contributed by atoms with E-state index in [9.17, 15) is 4.79 Å². The second kappa shape index (κ2) is 7.32. The maximum atomic E-state index is 12.7. The van der Waals surface area contributed by atoms with Gasteiger partial charge in [-0.3, -0.25) is 10.1 Å². The Hall–Kier alpha value is -1.00. The summed E-state index contributed by atoms with van der Waals surface area (Å²) < 4.78 is 0. The van der Waals surface area contributed by atoms with Crippen LogP contribution in [0.3, 0.4) is 0 Å². The first-order chi connectivity index (χ1) is 10.1. The van der Waals surface area contributed by atoms with Gasteiger partial charge in [0.1, 0.15) is 6.17 Å². The van der Waals surface area contributed by atoms with Gasteiger partial charge in [-0.05, 0) is 31.6 Å². The van der Waals surface area contributed by atoms with Crippen molar-refractivity contribution in [2.24, 2.45) is 0 Å². The molecule has 0 aromatic heterocycles. The molecule has 1 heterocycles. The zero-order valence-electron chi connectivity index (χ0n) is 13.4. The summed E-state index contributed by atoms with van der Waals surface area (Å²) in [7, 11) is 0. The number of thioether (sulfide) groups is 1. The Labute approximate surface area is 132 Å². The van der Waals surface area contributed by atoms with Crippen molar-refractivity contribution in [1.29, 1.82) is 0 Å². The second-order valence-corrected chi connectivity index (χ2v) is 6.62. The minimum atomic E-state index is -0.0496. The van der Waals surface area contributed by atoms with Crippen LogP contribution < -0.4 is 5.32 Å². The average Bonchev–Trinajstić information content (AvgIpc) is 2.81. The zero-order chi connectivity index (χ0) is 15.4. The molecule has 1 aliphatic rings. The standard InChI is InChI=1S/C17H26N2OS/c1-5-14(11-21-4)19-16(18-15(6-2)17(19)20)13-9-7-8-12(3)10-13/h7-10,14-16,18H,5-6,11H2,1-4H3. The van der Waals surface area contributed by atoms with Crippen molar-refractivity contribution in [3.8, 4) is 0 Å². The molecule has 0 spiro atoms. The maximum Gasteiger partial charge on any atom is 0.241 e. The van der Waals surface area contributed by atoms with Crippen LogP contribution in [0.5, 0.6) is 0 Å². The number of aryl methyl sites for hydroxylation is 1. The number of nitrogens with one attached hydrogen (secondary N) is 1. The Morgan fingerprint density at radius 1 is 1.38 bits per heavy atom. The summed E-state index contributed by atoms with van der Waals surface area (Å²) in [5.74, 6) is 1.24. The molecule has 0 saturated carbocycles. The molecule has 1 N–H and O–H groups in total. The van der Waals surface area contributed by atoms with E-state index in [1.165, 1.54) is 11.1 Å². The largest absolute Gasteiger partial charge is 0.318 e. The Morgan fingerprint density at radius 3 is 2.71 bits per heavy atom. The van der Waals surface area contributed by atoms with Crippen LogP contribution in [0.1, 0.15) is 44.0 Å². The van der Waals surface area contributed by atoms with E-state index in [-0.39, 0.29) is 18.1 Å². The smallest absolute Gasteiger partial charge is 0.241 e. The van der Waals surface area contributed by atoms with Gasteiger partial charge in [0.15, 0.2) is 0 Å². The van der Waals surface area contributed by atoms with Crippen LogP contribution >= 0.6 is 11.8 Å². The topological polar surface area (TPSA) is 32.3 Å². The van der Waals surface area contributed by atoms with Crippen molar-refractivity contribution in [1.82, 2.24) is 10.2 Å². The average molecular weight is 306 g/mol. The summed E-state index contributed by atoms with van der Waals surface area (Å²) >= 11 is 1.81. The zero-order valence-corrected chi connectivity index (χ0v) is 14.2. The van der Waals surface area contributed by atoms with Gasteiger partial charge in [0.2, 0.25) is 5.91 Å².